The predicted octanol–water partition coefficient (Wildman–Crippen LogP) is 0.213. The van der Waals surface area contributed by atoms with Gasteiger partial charge in [0.05, 0.1) is 6.04 Å². The van der Waals surface area contributed by atoms with Crippen LogP contribution in [0.4, 0.5) is 0 Å². The number of hydrogen-bond acceptors (Lipinski definition) is 5. The Labute approximate surface area is 120 Å². The van der Waals surface area contributed by atoms with Crippen molar-refractivity contribution in [3.05, 3.63) is 23.3 Å². The van der Waals surface area contributed by atoms with Gasteiger partial charge in [0, 0.05) is 44.6 Å². The van der Waals surface area contributed by atoms with Crippen LogP contribution in [-0.4, -0.2) is 59.0 Å². The summed E-state index contributed by atoms with van der Waals surface area (Å²) < 4.78 is 0. The molecule has 0 aromatic carbocycles. The molecule has 4 aliphatic rings. The Hall–Kier alpha value is -1.04. The molecule has 3 saturated heterocycles. The van der Waals surface area contributed by atoms with E-state index in [1.54, 1.807) is 0 Å². The van der Waals surface area contributed by atoms with Crippen LogP contribution in [0.3, 0.4) is 0 Å². The van der Waals surface area contributed by atoms with Crippen molar-refractivity contribution in [1.82, 2.24) is 19.8 Å². The van der Waals surface area contributed by atoms with Crippen LogP contribution in [0.1, 0.15) is 29.5 Å². The third kappa shape index (κ3) is 2.14. The highest BCUT2D eigenvalue weighted by atomic mass is 15.4. The largest absolute Gasteiger partial charge is 0.330 e. The van der Waals surface area contributed by atoms with Gasteiger partial charge in [-0.15, -0.1) is 0 Å². The van der Waals surface area contributed by atoms with Gasteiger partial charge >= 0.3 is 0 Å². The molecule has 2 N–H and O–H groups in total. The minimum Gasteiger partial charge on any atom is -0.330 e. The van der Waals surface area contributed by atoms with Crippen molar-refractivity contribution in [2.45, 2.75) is 25.3 Å². The summed E-state index contributed by atoms with van der Waals surface area (Å²) >= 11 is 0. The van der Waals surface area contributed by atoms with Crippen LogP contribution >= 0.6 is 0 Å². The maximum absolute atomic E-state index is 5.80. The number of aryl methyl sites for hydroxylation is 1. The number of nitrogens with zero attached hydrogens (tertiary/aromatic N) is 4. The molecule has 2 bridgehead atoms. The monoisotopic (exact) mass is 273 g/mol. The van der Waals surface area contributed by atoms with Crippen molar-refractivity contribution in [3.63, 3.8) is 0 Å². The summed E-state index contributed by atoms with van der Waals surface area (Å²) in [5.74, 6) is 1.66. The molecule has 3 aliphatic heterocycles. The Morgan fingerprint density at radius 2 is 2.10 bits per heavy atom. The zero-order chi connectivity index (χ0) is 13.5. The standard InChI is InChI=1S/C15H23N5/c16-8-11-1-2-13-12(7-11)9-17-15(18-13)14-10-19-3-5-20(14)6-4-19/h9,11,14H,1-8,10,16H2. The van der Waals surface area contributed by atoms with E-state index in [1.165, 1.54) is 43.9 Å². The molecule has 0 radical (unpaired) electrons. The van der Waals surface area contributed by atoms with Crippen LogP contribution in [0, 0.1) is 5.92 Å². The third-order valence-corrected chi connectivity index (χ3v) is 5.18. The van der Waals surface area contributed by atoms with Crippen LogP contribution in [0.5, 0.6) is 0 Å². The van der Waals surface area contributed by atoms with Gasteiger partial charge in [-0.05, 0) is 37.3 Å². The van der Waals surface area contributed by atoms with Crippen LogP contribution < -0.4 is 5.73 Å². The average Bonchev–Trinajstić information content (AvgIpc) is 2.55. The lowest BCUT2D eigenvalue weighted by Crippen LogP contribution is -2.57. The van der Waals surface area contributed by atoms with E-state index in [2.05, 4.69) is 21.0 Å². The number of rotatable bonds is 2. The lowest BCUT2D eigenvalue weighted by atomic mass is 9.87. The molecule has 5 heteroatoms. The summed E-state index contributed by atoms with van der Waals surface area (Å²) in [5.41, 5.74) is 8.40. The van der Waals surface area contributed by atoms with Crippen molar-refractivity contribution in [3.8, 4) is 0 Å². The Morgan fingerprint density at radius 3 is 2.80 bits per heavy atom. The minimum absolute atomic E-state index is 0.412. The van der Waals surface area contributed by atoms with Gasteiger partial charge in [-0.2, -0.15) is 0 Å². The molecule has 1 aromatic rings. The van der Waals surface area contributed by atoms with Crippen molar-refractivity contribution >= 4 is 0 Å². The molecule has 4 heterocycles. The Morgan fingerprint density at radius 1 is 1.25 bits per heavy atom. The molecular formula is C15H23N5. The first-order chi connectivity index (χ1) is 9.83. The van der Waals surface area contributed by atoms with E-state index in [0.29, 0.717) is 12.0 Å². The van der Waals surface area contributed by atoms with Gasteiger partial charge < -0.3 is 5.73 Å². The molecule has 0 saturated carbocycles. The van der Waals surface area contributed by atoms with Gasteiger partial charge in [-0.1, -0.05) is 0 Å². The fourth-order valence-electron chi connectivity index (χ4n) is 3.82. The van der Waals surface area contributed by atoms with Crippen LogP contribution in [0.2, 0.25) is 0 Å². The molecule has 2 atom stereocenters. The van der Waals surface area contributed by atoms with Crippen molar-refractivity contribution in [1.29, 1.82) is 0 Å². The van der Waals surface area contributed by atoms with Crippen LogP contribution in [0.25, 0.3) is 0 Å². The van der Waals surface area contributed by atoms with E-state index in [9.17, 15) is 0 Å². The molecule has 108 valence electrons. The third-order valence-electron chi connectivity index (χ3n) is 5.18. The molecule has 1 aliphatic carbocycles. The summed E-state index contributed by atoms with van der Waals surface area (Å²) in [6.45, 7) is 6.64. The van der Waals surface area contributed by atoms with Gasteiger partial charge in [-0.3, -0.25) is 9.80 Å². The highest BCUT2D eigenvalue weighted by molar-refractivity contribution is 5.22. The molecule has 1 aromatic heterocycles. The predicted molar refractivity (Wildman–Crippen MR) is 77.4 cm³/mol. The summed E-state index contributed by atoms with van der Waals surface area (Å²) in [6, 6.07) is 0.412. The van der Waals surface area contributed by atoms with Gasteiger partial charge in [0.1, 0.15) is 5.82 Å². The van der Waals surface area contributed by atoms with Gasteiger partial charge in [0.15, 0.2) is 0 Å². The summed E-state index contributed by atoms with van der Waals surface area (Å²) in [6.07, 6.45) is 5.38. The van der Waals surface area contributed by atoms with Crippen LogP contribution in [-0.2, 0) is 12.8 Å². The second kappa shape index (κ2) is 5.06. The maximum atomic E-state index is 5.80. The Balaban J connectivity index is 1.58. The highest BCUT2D eigenvalue weighted by Crippen LogP contribution is 2.29. The average molecular weight is 273 g/mol. The van der Waals surface area contributed by atoms with E-state index in [0.717, 1.165) is 31.8 Å². The first-order valence-electron chi connectivity index (χ1n) is 7.84. The van der Waals surface area contributed by atoms with Crippen molar-refractivity contribution in [2.75, 3.05) is 39.3 Å². The van der Waals surface area contributed by atoms with Gasteiger partial charge in [0.2, 0.25) is 0 Å². The maximum Gasteiger partial charge on any atom is 0.146 e. The lowest BCUT2D eigenvalue weighted by molar-refractivity contribution is 0.00850. The normalized spacial score (nSPS) is 35.9. The second-order valence-corrected chi connectivity index (χ2v) is 6.40. The molecule has 0 spiro atoms. The Kier molecular flexibility index (Phi) is 3.21. The number of nitrogens with two attached hydrogens (primary N) is 1. The fraction of sp³-hybridized carbons (Fsp3) is 0.733. The molecular weight excluding hydrogens is 250 g/mol. The van der Waals surface area contributed by atoms with Crippen LogP contribution in [0.15, 0.2) is 6.20 Å². The minimum atomic E-state index is 0.412. The smallest absolute Gasteiger partial charge is 0.146 e. The summed E-state index contributed by atoms with van der Waals surface area (Å²) in [7, 11) is 0. The number of fused-ring (bicyclic) bond motifs is 4. The number of aromatic nitrogens is 2. The first-order valence-corrected chi connectivity index (χ1v) is 7.84. The highest BCUT2D eigenvalue weighted by Gasteiger charge is 2.35. The van der Waals surface area contributed by atoms with Gasteiger partial charge in [-0.25, -0.2) is 9.97 Å². The SMILES string of the molecule is NCC1CCc2nc(C3CN4CCN3CC4)ncc2C1. The quantitative estimate of drug-likeness (QED) is 0.835. The fourth-order valence-corrected chi connectivity index (χ4v) is 3.82. The van der Waals surface area contributed by atoms with E-state index in [-0.39, 0.29) is 0 Å². The number of piperazine rings is 3. The molecule has 5 nitrogen and oxygen atoms in total. The lowest BCUT2D eigenvalue weighted by Gasteiger charge is -2.46. The molecule has 0 amide bonds. The zero-order valence-corrected chi connectivity index (χ0v) is 12.0. The summed E-state index contributed by atoms with van der Waals surface area (Å²) in [5, 5.41) is 0. The van der Waals surface area contributed by atoms with E-state index < -0.39 is 0 Å². The van der Waals surface area contributed by atoms with E-state index in [4.69, 9.17) is 10.7 Å². The summed E-state index contributed by atoms with van der Waals surface area (Å²) in [4.78, 5) is 14.7. The Bertz CT molecular complexity index is 495. The van der Waals surface area contributed by atoms with Gasteiger partial charge in [0.25, 0.3) is 0 Å². The number of hydrogen-bond donors (Lipinski definition) is 1. The molecule has 20 heavy (non-hydrogen) atoms. The second-order valence-electron chi connectivity index (χ2n) is 6.40. The first kappa shape index (κ1) is 12.7. The van der Waals surface area contributed by atoms with Crippen molar-refractivity contribution in [2.24, 2.45) is 11.7 Å². The zero-order valence-electron chi connectivity index (χ0n) is 12.0. The topological polar surface area (TPSA) is 58.3 Å². The van der Waals surface area contributed by atoms with E-state index >= 15 is 0 Å². The molecule has 2 unspecified atom stereocenters. The van der Waals surface area contributed by atoms with Crippen molar-refractivity contribution < 1.29 is 0 Å². The molecule has 3 fully saturated rings. The van der Waals surface area contributed by atoms with E-state index in [1.807, 2.05) is 0 Å². The molecule has 5 rings (SSSR count).